The zero-order chi connectivity index (χ0) is 13.1. The highest BCUT2D eigenvalue weighted by Crippen LogP contribution is 2.19. The Labute approximate surface area is 109 Å². The summed E-state index contributed by atoms with van der Waals surface area (Å²) in [4.78, 5) is -0.385. The zero-order valence-corrected chi connectivity index (χ0v) is 11.5. The van der Waals surface area contributed by atoms with Crippen LogP contribution >= 0.6 is 15.9 Å². The number of nitrogens with one attached hydrogen (secondary N) is 1. The minimum atomic E-state index is -3.87. The molecule has 3 nitrogen and oxygen atoms in total. The Morgan fingerprint density at radius 1 is 1.59 bits per heavy atom. The van der Waals surface area contributed by atoms with Gasteiger partial charge in [-0.3, -0.25) is 0 Å². The van der Waals surface area contributed by atoms with Crippen molar-refractivity contribution in [3.8, 4) is 12.3 Å². The number of benzene rings is 1. The van der Waals surface area contributed by atoms with E-state index < -0.39 is 21.9 Å². The number of hydrogen-bond acceptors (Lipinski definition) is 2. The lowest BCUT2D eigenvalue weighted by Crippen LogP contribution is -2.32. The summed E-state index contributed by atoms with van der Waals surface area (Å²) in [5.41, 5.74) is 0. The van der Waals surface area contributed by atoms with Crippen molar-refractivity contribution in [2.45, 2.75) is 24.3 Å². The molecule has 0 radical (unpaired) electrons. The van der Waals surface area contributed by atoms with E-state index in [1.165, 1.54) is 12.1 Å². The van der Waals surface area contributed by atoms with Gasteiger partial charge in [0.15, 0.2) is 0 Å². The summed E-state index contributed by atoms with van der Waals surface area (Å²) in [7, 11) is -3.87. The summed E-state index contributed by atoms with van der Waals surface area (Å²) >= 11 is 3.06. The third-order valence-corrected chi connectivity index (χ3v) is 4.08. The Hall–Kier alpha value is -0.900. The smallest absolute Gasteiger partial charge is 0.207 e. The Balaban J connectivity index is 3.02. The predicted molar refractivity (Wildman–Crippen MR) is 67.3 cm³/mol. The molecule has 0 amide bonds. The SMILES string of the molecule is C#CCC(C)NS(=O)(=O)c1ccc(Br)cc1F. The van der Waals surface area contributed by atoms with Gasteiger partial charge in [0.25, 0.3) is 0 Å². The lowest BCUT2D eigenvalue weighted by molar-refractivity contribution is 0.544. The van der Waals surface area contributed by atoms with Crippen molar-refractivity contribution >= 4 is 26.0 Å². The minimum absolute atomic E-state index is 0.247. The molecule has 1 aromatic rings. The van der Waals surface area contributed by atoms with Crippen LogP contribution in [0.5, 0.6) is 0 Å². The number of rotatable bonds is 4. The van der Waals surface area contributed by atoms with Crippen LogP contribution in [0.2, 0.25) is 0 Å². The second kappa shape index (κ2) is 5.63. The molecule has 1 atom stereocenters. The highest BCUT2D eigenvalue weighted by Gasteiger charge is 2.20. The highest BCUT2D eigenvalue weighted by molar-refractivity contribution is 9.10. The summed E-state index contributed by atoms with van der Waals surface area (Å²) in [5.74, 6) is 1.53. The first-order valence-corrected chi connectivity index (χ1v) is 7.05. The molecule has 0 saturated heterocycles. The van der Waals surface area contributed by atoms with Gasteiger partial charge < -0.3 is 0 Å². The number of terminal acetylenes is 1. The summed E-state index contributed by atoms with van der Waals surface area (Å²) in [6, 6.07) is 3.32. The summed E-state index contributed by atoms with van der Waals surface area (Å²) in [5, 5.41) is 0. The normalized spacial score (nSPS) is 13.1. The molecule has 0 aliphatic carbocycles. The second-order valence-corrected chi connectivity index (χ2v) is 6.10. The first kappa shape index (κ1) is 14.2. The van der Waals surface area contributed by atoms with E-state index in [1.807, 2.05) is 0 Å². The largest absolute Gasteiger partial charge is 0.243 e. The lowest BCUT2D eigenvalue weighted by atomic mass is 10.3. The van der Waals surface area contributed by atoms with Crippen LogP contribution in [0.4, 0.5) is 4.39 Å². The van der Waals surface area contributed by atoms with Gasteiger partial charge in [0.05, 0.1) is 0 Å². The summed E-state index contributed by atoms with van der Waals surface area (Å²) in [6.07, 6.45) is 5.32. The van der Waals surface area contributed by atoms with Gasteiger partial charge >= 0.3 is 0 Å². The van der Waals surface area contributed by atoms with E-state index in [9.17, 15) is 12.8 Å². The Morgan fingerprint density at radius 2 is 2.24 bits per heavy atom. The molecule has 1 unspecified atom stereocenters. The minimum Gasteiger partial charge on any atom is -0.207 e. The van der Waals surface area contributed by atoms with Gasteiger partial charge in [-0.05, 0) is 25.1 Å². The van der Waals surface area contributed by atoms with Crippen molar-refractivity contribution < 1.29 is 12.8 Å². The molecule has 0 bridgehead atoms. The Bertz CT molecular complexity index is 551. The van der Waals surface area contributed by atoms with Crippen LogP contribution in [0.15, 0.2) is 27.6 Å². The van der Waals surface area contributed by atoms with Crippen molar-refractivity contribution in [2.24, 2.45) is 0 Å². The molecule has 0 aromatic heterocycles. The monoisotopic (exact) mass is 319 g/mol. The standard InChI is InChI=1S/C11H11BrFNO2S/c1-3-4-8(2)14-17(15,16)11-6-5-9(12)7-10(11)13/h1,5-8,14H,4H2,2H3. The lowest BCUT2D eigenvalue weighted by Gasteiger charge is -2.12. The molecule has 0 aliphatic rings. The van der Waals surface area contributed by atoms with E-state index in [1.54, 1.807) is 6.92 Å². The Morgan fingerprint density at radius 3 is 2.76 bits per heavy atom. The second-order valence-electron chi connectivity index (χ2n) is 3.51. The van der Waals surface area contributed by atoms with E-state index in [0.717, 1.165) is 6.07 Å². The third kappa shape index (κ3) is 3.80. The molecule has 17 heavy (non-hydrogen) atoms. The van der Waals surface area contributed by atoms with Gasteiger partial charge in [-0.1, -0.05) is 15.9 Å². The van der Waals surface area contributed by atoms with Gasteiger partial charge in [0.1, 0.15) is 10.7 Å². The molecule has 0 fully saturated rings. The molecule has 0 spiro atoms. The molecule has 1 aromatic carbocycles. The summed E-state index contributed by atoms with van der Waals surface area (Å²) < 4.78 is 39.9. The van der Waals surface area contributed by atoms with Crippen LogP contribution in [0, 0.1) is 18.2 Å². The van der Waals surface area contributed by atoms with Gasteiger partial charge in [-0.2, -0.15) is 0 Å². The average molecular weight is 320 g/mol. The number of halogens is 2. The van der Waals surface area contributed by atoms with E-state index in [2.05, 4.69) is 26.6 Å². The maximum Gasteiger partial charge on any atom is 0.243 e. The molecule has 0 saturated carbocycles. The van der Waals surface area contributed by atoms with Crippen molar-refractivity contribution in [3.05, 3.63) is 28.5 Å². The quantitative estimate of drug-likeness (QED) is 0.865. The number of hydrogen-bond donors (Lipinski definition) is 1. The molecule has 1 rings (SSSR count). The molecular formula is C11H11BrFNO2S. The van der Waals surface area contributed by atoms with Gasteiger partial charge in [-0.25, -0.2) is 17.5 Å². The van der Waals surface area contributed by atoms with Gasteiger partial charge in [0, 0.05) is 16.9 Å². The van der Waals surface area contributed by atoms with E-state index in [0.29, 0.717) is 4.47 Å². The van der Waals surface area contributed by atoms with Crippen molar-refractivity contribution in [1.82, 2.24) is 4.72 Å². The molecule has 0 aliphatic heterocycles. The van der Waals surface area contributed by atoms with Crippen LogP contribution in [-0.4, -0.2) is 14.5 Å². The molecular weight excluding hydrogens is 309 g/mol. The van der Waals surface area contributed by atoms with Crippen LogP contribution in [0.1, 0.15) is 13.3 Å². The highest BCUT2D eigenvalue weighted by atomic mass is 79.9. The van der Waals surface area contributed by atoms with Crippen LogP contribution in [-0.2, 0) is 10.0 Å². The number of sulfonamides is 1. The third-order valence-electron chi connectivity index (χ3n) is 1.96. The Kier molecular flexibility index (Phi) is 4.69. The topological polar surface area (TPSA) is 46.2 Å². The van der Waals surface area contributed by atoms with Crippen LogP contribution < -0.4 is 4.72 Å². The summed E-state index contributed by atoms with van der Waals surface area (Å²) in [6.45, 7) is 1.62. The fourth-order valence-electron chi connectivity index (χ4n) is 1.24. The van der Waals surface area contributed by atoms with Gasteiger partial charge in [0.2, 0.25) is 10.0 Å². The van der Waals surface area contributed by atoms with Crippen molar-refractivity contribution in [3.63, 3.8) is 0 Å². The fraction of sp³-hybridized carbons (Fsp3) is 0.273. The molecule has 0 heterocycles. The van der Waals surface area contributed by atoms with E-state index >= 15 is 0 Å². The first-order chi connectivity index (χ1) is 7.86. The van der Waals surface area contributed by atoms with Crippen LogP contribution in [0.3, 0.4) is 0 Å². The van der Waals surface area contributed by atoms with Crippen molar-refractivity contribution in [2.75, 3.05) is 0 Å². The molecule has 92 valence electrons. The van der Waals surface area contributed by atoms with E-state index in [-0.39, 0.29) is 11.3 Å². The van der Waals surface area contributed by atoms with Gasteiger partial charge in [-0.15, -0.1) is 12.3 Å². The van der Waals surface area contributed by atoms with Crippen LogP contribution in [0.25, 0.3) is 0 Å². The fourth-order valence-corrected chi connectivity index (χ4v) is 2.88. The van der Waals surface area contributed by atoms with E-state index in [4.69, 9.17) is 6.42 Å². The first-order valence-electron chi connectivity index (χ1n) is 4.77. The molecule has 1 N–H and O–H groups in total. The molecule has 6 heteroatoms. The van der Waals surface area contributed by atoms with Crippen molar-refractivity contribution in [1.29, 1.82) is 0 Å². The maximum atomic E-state index is 13.5. The maximum absolute atomic E-state index is 13.5. The predicted octanol–water partition coefficient (Wildman–Crippen LogP) is 2.28. The average Bonchev–Trinajstić information content (AvgIpc) is 2.15. The zero-order valence-electron chi connectivity index (χ0n) is 9.07.